The zero-order chi connectivity index (χ0) is 26.4. The molecule has 0 radical (unpaired) electrons. The van der Waals surface area contributed by atoms with Crippen LogP contribution in [-0.4, -0.2) is 65.7 Å². The third-order valence-electron chi connectivity index (χ3n) is 9.24. The number of methoxy groups -OCH3 is 2. The average Bonchev–Trinajstić information content (AvgIpc) is 3.56. The predicted octanol–water partition coefficient (Wildman–Crippen LogP) is 5.83. The summed E-state index contributed by atoms with van der Waals surface area (Å²) in [5.74, 6) is 4.62. The second-order valence-corrected chi connectivity index (χ2v) is 21.3. The molecule has 1 N–H and O–H groups in total. The van der Waals surface area contributed by atoms with E-state index in [0.29, 0.717) is 40.5 Å². The van der Waals surface area contributed by atoms with E-state index in [4.69, 9.17) is 9.47 Å². The van der Waals surface area contributed by atoms with Crippen molar-refractivity contribution >= 4 is 37.5 Å². The first-order chi connectivity index (χ1) is 17.6. The van der Waals surface area contributed by atoms with Crippen molar-refractivity contribution in [3.63, 3.8) is 0 Å². The Hall–Kier alpha value is -1.09. The lowest BCUT2D eigenvalue weighted by atomic mass is 9.78. The third kappa shape index (κ3) is 4.78. The lowest BCUT2D eigenvalue weighted by Gasteiger charge is -2.46. The van der Waals surface area contributed by atoms with Crippen molar-refractivity contribution in [2.24, 2.45) is 23.7 Å². The Morgan fingerprint density at radius 1 is 1.05 bits per heavy atom. The molecule has 1 saturated carbocycles. The fourth-order valence-corrected chi connectivity index (χ4v) is 15.2. The van der Waals surface area contributed by atoms with E-state index >= 15 is 0 Å². The zero-order valence-corrected chi connectivity index (χ0v) is 25.6. The number of allylic oxidation sites excluding steroid dienone is 2. The minimum atomic E-state index is -1.42. The Morgan fingerprint density at radius 2 is 1.76 bits per heavy atom. The molecule has 0 spiro atoms. The van der Waals surface area contributed by atoms with Gasteiger partial charge in [-0.25, -0.2) is 0 Å². The van der Waals surface area contributed by atoms with Gasteiger partial charge >= 0.3 is 0 Å². The normalized spacial score (nSPS) is 32.2. The monoisotopic (exact) mass is 561 g/mol. The molecule has 3 fully saturated rings. The summed E-state index contributed by atoms with van der Waals surface area (Å²) >= 11 is 4.35. The molecule has 5 nitrogen and oxygen atoms in total. The summed E-state index contributed by atoms with van der Waals surface area (Å²) in [6.45, 7) is 8.02. The van der Waals surface area contributed by atoms with Gasteiger partial charge in [-0.1, -0.05) is 37.9 Å². The molecule has 2 aliphatic carbocycles. The largest absolute Gasteiger partial charge is 0.493 e. The number of nitrogens with zero attached hydrogens (tertiary/aromatic N) is 1. The fourth-order valence-electron chi connectivity index (χ4n) is 7.33. The maximum absolute atomic E-state index is 13.8. The van der Waals surface area contributed by atoms with Crippen LogP contribution in [-0.2, 0) is 11.2 Å². The van der Waals surface area contributed by atoms with Gasteiger partial charge in [0.15, 0.2) is 11.5 Å². The van der Waals surface area contributed by atoms with E-state index < -0.39 is 13.8 Å². The number of likely N-dealkylation sites (tertiary alicyclic amines) is 1. The SMILES string of the molecule is COc1ccc(CCN2C(=O)[C@@H]3[C@@H]([C@@H]4C=C[C@H]3C4)[C@]2(O)CCCC2([Si](C)(C)C)SCCCS2)cc1OC. The minimum Gasteiger partial charge on any atom is -0.493 e. The highest BCUT2D eigenvalue weighted by atomic mass is 32.2. The van der Waals surface area contributed by atoms with Crippen LogP contribution < -0.4 is 9.47 Å². The number of ether oxygens (including phenoxy) is 2. The Kier molecular flexibility index (Phi) is 7.78. The van der Waals surface area contributed by atoms with Crippen LogP contribution >= 0.6 is 23.5 Å². The van der Waals surface area contributed by atoms with Crippen LogP contribution in [0.5, 0.6) is 11.5 Å². The average molecular weight is 562 g/mol. The van der Waals surface area contributed by atoms with Gasteiger partial charge < -0.3 is 19.5 Å². The van der Waals surface area contributed by atoms with Gasteiger partial charge in [-0.15, -0.1) is 23.5 Å². The molecule has 5 atom stereocenters. The molecular formula is C29H43NO4S2Si. The maximum Gasteiger partial charge on any atom is 0.229 e. The first-order valence-corrected chi connectivity index (χ1v) is 19.3. The fraction of sp³-hybridized carbons (Fsp3) is 0.690. The van der Waals surface area contributed by atoms with Crippen molar-refractivity contribution in [1.29, 1.82) is 0 Å². The number of rotatable bonds is 10. The summed E-state index contributed by atoms with van der Waals surface area (Å²) in [7, 11) is 1.86. The minimum absolute atomic E-state index is 0.0231. The van der Waals surface area contributed by atoms with Crippen LogP contribution in [0.25, 0.3) is 0 Å². The first-order valence-electron chi connectivity index (χ1n) is 13.8. The molecule has 0 aromatic heterocycles. The molecule has 1 amide bonds. The van der Waals surface area contributed by atoms with E-state index in [2.05, 4.69) is 55.3 Å². The molecule has 8 heteroatoms. The van der Waals surface area contributed by atoms with Gasteiger partial charge in [0.25, 0.3) is 0 Å². The summed E-state index contributed by atoms with van der Waals surface area (Å²) in [6.07, 6.45) is 10.3. The molecule has 2 saturated heterocycles. The van der Waals surface area contributed by atoms with Gasteiger partial charge in [0, 0.05) is 12.5 Å². The van der Waals surface area contributed by atoms with Gasteiger partial charge in [0.05, 0.1) is 31.9 Å². The van der Waals surface area contributed by atoms with Crippen LogP contribution in [0.2, 0.25) is 19.6 Å². The second-order valence-electron chi connectivity index (χ2n) is 12.2. The first kappa shape index (κ1) is 27.5. The van der Waals surface area contributed by atoms with Crippen LogP contribution in [0, 0.1) is 23.7 Å². The number of carbonyl (C=O) groups excluding carboxylic acids is 1. The second kappa shape index (κ2) is 10.5. The lowest BCUT2D eigenvalue weighted by Crippen LogP contribution is -2.52. The van der Waals surface area contributed by atoms with Gasteiger partial charge in [0.1, 0.15) is 5.72 Å². The summed E-state index contributed by atoms with van der Waals surface area (Å²) in [5, 5.41) is 12.4. The highest BCUT2D eigenvalue weighted by Crippen LogP contribution is 2.59. The molecule has 204 valence electrons. The number of benzene rings is 1. The Morgan fingerprint density at radius 3 is 2.43 bits per heavy atom. The Balaban J connectivity index is 1.35. The summed E-state index contributed by atoms with van der Waals surface area (Å²) < 4.78 is 11.2. The highest BCUT2D eigenvalue weighted by Gasteiger charge is 2.65. The quantitative estimate of drug-likeness (QED) is 0.287. The van der Waals surface area contributed by atoms with E-state index in [9.17, 15) is 9.90 Å². The smallest absolute Gasteiger partial charge is 0.229 e. The van der Waals surface area contributed by atoms with Crippen molar-refractivity contribution in [1.82, 2.24) is 4.90 Å². The number of carbonyl (C=O) groups is 1. The predicted molar refractivity (Wildman–Crippen MR) is 157 cm³/mol. The topological polar surface area (TPSA) is 59.0 Å². The number of amides is 1. The van der Waals surface area contributed by atoms with Crippen LogP contribution in [0.3, 0.4) is 0 Å². The van der Waals surface area contributed by atoms with Crippen molar-refractivity contribution < 1.29 is 19.4 Å². The molecule has 37 heavy (non-hydrogen) atoms. The van der Waals surface area contributed by atoms with Crippen LogP contribution in [0.15, 0.2) is 30.4 Å². The van der Waals surface area contributed by atoms with E-state index in [1.54, 1.807) is 14.2 Å². The molecule has 4 aliphatic rings. The summed E-state index contributed by atoms with van der Waals surface area (Å²) in [5.41, 5.74) is 0.0197. The Bertz CT molecular complexity index is 1040. The number of hydrogen-bond donors (Lipinski definition) is 1. The molecule has 0 unspecified atom stereocenters. The molecular weight excluding hydrogens is 519 g/mol. The van der Waals surface area contributed by atoms with Gasteiger partial charge in [0.2, 0.25) is 5.91 Å². The van der Waals surface area contributed by atoms with E-state index in [1.807, 2.05) is 23.1 Å². The molecule has 2 bridgehead atoms. The summed E-state index contributed by atoms with van der Waals surface area (Å²) in [4.78, 5) is 15.7. The van der Waals surface area contributed by atoms with Gasteiger partial charge in [-0.05, 0) is 79.6 Å². The molecule has 2 aliphatic heterocycles. The van der Waals surface area contributed by atoms with Gasteiger partial charge in [-0.2, -0.15) is 0 Å². The van der Waals surface area contributed by atoms with Crippen LogP contribution in [0.4, 0.5) is 0 Å². The van der Waals surface area contributed by atoms with Crippen molar-refractivity contribution in [3.8, 4) is 11.5 Å². The number of fused-ring (bicyclic) bond motifs is 5. The highest BCUT2D eigenvalue weighted by molar-refractivity contribution is 8.21. The Labute approximate surface area is 232 Å². The molecule has 5 rings (SSSR count). The standard InChI is InChI=1S/C29H43NO4S2Si/c1-33-23-11-8-20(18-24(23)34-2)12-15-30-27(31)25-21-9-10-22(19-21)26(25)28(30,32)13-6-14-29(37(3,4)5)35-16-7-17-36-29/h8-11,18,21-22,25-26,32H,6-7,12-17,19H2,1-5H3/t21-,22+,25-,26+,28+/m0/s1. The third-order valence-corrected chi connectivity index (χ3v) is 19.3. The van der Waals surface area contributed by atoms with E-state index in [0.717, 1.165) is 24.8 Å². The van der Waals surface area contributed by atoms with Gasteiger partial charge in [-0.3, -0.25) is 4.79 Å². The number of thioether (sulfide) groups is 2. The van der Waals surface area contributed by atoms with Crippen molar-refractivity contribution in [2.75, 3.05) is 32.3 Å². The van der Waals surface area contributed by atoms with E-state index in [1.165, 1.54) is 17.9 Å². The molecule has 1 aromatic rings. The number of hydrogen-bond acceptors (Lipinski definition) is 6. The van der Waals surface area contributed by atoms with E-state index in [-0.39, 0.29) is 23.7 Å². The van der Waals surface area contributed by atoms with Crippen molar-refractivity contribution in [2.45, 2.75) is 67.6 Å². The zero-order valence-electron chi connectivity index (χ0n) is 23.0. The van der Waals surface area contributed by atoms with Crippen molar-refractivity contribution in [3.05, 3.63) is 35.9 Å². The number of aliphatic hydroxyl groups is 1. The molecule has 1 aromatic carbocycles. The lowest BCUT2D eigenvalue weighted by molar-refractivity contribution is -0.155. The summed E-state index contributed by atoms with van der Waals surface area (Å²) in [6, 6.07) is 5.93. The van der Waals surface area contributed by atoms with Crippen LogP contribution in [0.1, 0.15) is 37.7 Å². The molecule has 2 heterocycles. The maximum atomic E-state index is 13.8.